The van der Waals surface area contributed by atoms with Crippen LogP contribution in [0.2, 0.25) is 0 Å². The molecule has 0 bridgehead atoms. The number of carbonyl (C=O) groups is 1. The van der Waals surface area contributed by atoms with Gasteiger partial charge in [-0.2, -0.15) is 0 Å². The monoisotopic (exact) mass is 289 g/mol. The van der Waals surface area contributed by atoms with E-state index in [9.17, 15) is 4.79 Å². The molecular formula is C17H27N3O. The number of nitrogens with zero attached hydrogens (tertiary/aromatic N) is 1. The summed E-state index contributed by atoms with van der Waals surface area (Å²) in [7, 11) is 0. The van der Waals surface area contributed by atoms with Crippen molar-refractivity contribution in [3.63, 3.8) is 0 Å². The molecule has 116 valence electrons. The third kappa shape index (κ3) is 4.45. The normalized spacial score (nSPS) is 18.2. The molecular weight excluding hydrogens is 262 g/mol. The molecule has 1 saturated carbocycles. The molecule has 4 heteroatoms. The van der Waals surface area contributed by atoms with Crippen LogP contribution >= 0.6 is 0 Å². The fraction of sp³-hybridized carbons (Fsp3) is 0.647. The van der Waals surface area contributed by atoms with Gasteiger partial charge in [0.05, 0.1) is 0 Å². The second-order valence-electron chi connectivity index (χ2n) is 6.16. The summed E-state index contributed by atoms with van der Waals surface area (Å²) in [4.78, 5) is 15.9. The van der Waals surface area contributed by atoms with Crippen LogP contribution in [0.25, 0.3) is 0 Å². The Morgan fingerprint density at radius 3 is 2.43 bits per heavy atom. The van der Waals surface area contributed by atoms with E-state index >= 15 is 0 Å². The predicted octanol–water partition coefficient (Wildman–Crippen LogP) is 3.63. The molecule has 0 aliphatic heterocycles. The summed E-state index contributed by atoms with van der Waals surface area (Å²) in [6.07, 6.45) is 10.7. The van der Waals surface area contributed by atoms with Gasteiger partial charge >= 0.3 is 6.03 Å². The lowest BCUT2D eigenvalue weighted by Crippen LogP contribution is -2.44. The minimum Gasteiger partial charge on any atom is -0.335 e. The second-order valence-corrected chi connectivity index (χ2v) is 6.16. The van der Waals surface area contributed by atoms with Crippen LogP contribution in [0.3, 0.4) is 0 Å². The average molecular weight is 289 g/mol. The van der Waals surface area contributed by atoms with Crippen molar-refractivity contribution in [3.8, 4) is 0 Å². The van der Waals surface area contributed by atoms with Crippen molar-refractivity contribution in [2.24, 2.45) is 5.41 Å². The summed E-state index contributed by atoms with van der Waals surface area (Å²) in [6.45, 7) is 5.13. The van der Waals surface area contributed by atoms with Gasteiger partial charge in [-0.05, 0) is 48.8 Å². The highest BCUT2D eigenvalue weighted by molar-refractivity contribution is 5.74. The van der Waals surface area contributed by atoms with Crippen molar-refractivity contribution in [1.29, 1.82) is 0 Å². The first-order valence-corrected chi connectivity index (χ1v) is 8.11. The maximum absolute atomic E-state index is 11.9. The topological polar surface area (TPSA) is 54.0 Å². The van der Waals surface area contributed by atoms with Crippen LogP contribution < -0.4 is 10.6 Å². The van der Waals surface area contributed by atoms with Gasteiger partial charge in [-0.3, -0.25) is 4.98 Å². The Labute approximate surface area is 127 Å². The van der Waals surface area contributed by atoms with Crippen LogP contribution in [-0.4, -0.2) is 17.1 Å². The van der Waals surface area contributed by atoms with Crippen LogP contribution in [-0.2, 0) is 6.54 Å². The van der Waals surface area contributed by atoms with Crippen molar-refractivity contribution in [1.82, 2.24) is 15.6 Å². The predicted molar refractivity (Wildman–Crippen MR) is 84.9 cm³/mol. The molecule has 1 aliphatic carbocycles. The fourth-order valence-corrected chi connectivity index (χ4v) is 3.25. The van der Waals surface area contributed by atoms with Crippen LogP contribution in [0.15, 0.2) is 24.5 Å². The van der Waals surface area contributed by atoms with Gasteiger partial charge in [-0.25, -0.2) is 4.79 Å². The summed E-state index contributed by atoms with van der Waals surface area (Å²) in [5.41, 5.74) is 1.59. The van der Waals surface area contributed by atoms with E-state index < -0.39 is 0 Å². The average Bonchev–Trinajstić information content (AvgIpc) is 2.55. The summed E-state index contributed by atoms with van der Waals surface area (Å²) < 4.78 is 0. The smallest absolute Gasteiger partial charge is 0.315 e. The van der Waals surface area contributed by atoms with Crippen molar-refractivity contribution in [3.05, 3.63) is 30.1 Å². The molecule has 1 aliphatic rings. The number of urea groups is 1. The van der Waals surface area contributed by atoms with E-state index in [4.69, 9.17) is 0 Å². The van der Waals surface area contributed by atoms with Crippen LogP contribution in [0.1, 0.15) is 57.9 Å². The van der Waals surface area contributed by atoms with E-state index in [1.54, 1.807) is 12.4 Å². The Bertz CT molecular complexity index is 433. The van der Waals surface area contributed by atoms with Gasteiger partial charge in [0.15, 0.2) is 0 Å². The molecule has 1 heterocycles. The SMILES string of the molecule is CCC1(CC)CCC(NC(=O)NCc2ccncc2)CC1. The summed E-state index contributed by atoms with van der Waals surface area (Å²) in [5.74, 6) is 0. The van der Waals surface area contributed by atoms with Gasteiger partial charge in [0.1, 0.15) is 0 Å². The van der Waals surface area contributed by atoms with Crippen molar-refractivity contribution < 1.29 is 4.79 Å². The number of hydrogen-bond acceptors (Lipinski definition) is 2. The molecule has 0 aromatic carbocycles. The third-order valence-electron chi connectivity index (χ3n) is 5.08. The first kappa shape index (κ1) is 15.8. The highest BCUT2D eigenvalue weighted by Crippen LogP contribution is 2.41. The Morgan fingerprint density at radius 1 is 1.24 bits per heavy atom. The number of aromatic nitrogens is 1. The molecule has 0 spiro atoms. The van der Waals surface area contributed by atoms with E-state index in [1.807, 2.05) is 12.1 Å². The number of carbonyl (C=O) groups excluding carboxylic acids is 1. The number of pyridine rings is 1. The molecule has 4 nitrogen and oxygen atoms in total. The van der Waals surface area contributed by atoms with Crippen molar-refractivity contribution in [2.45, 2.75) is 65.0 Å². The number of hydrogen-bond donors (Lipinski definition) is 2. The third-order valence-corrected chi connectivity index (χ3v) is 5.08. The van der Waals surface area contributed by atoms with Gasteiger partial charge in [0.2, 0.25) is 0 Å². The maximum atomic E-state index is 11.9. The van der Waals surface area contributed by atoms with Crippen LogP contribution in [0.4, 0.5) is 4.79 Å². The minimum absolute atomic E-state index is 0.0580. The Hall–Kier alpha value is -1.58. The standard InChI is InChI=1S/C17H27N3O/c1-3-17(4-2)9-5-15(6-10-17)20-16(21)19-13-14-7-11-18-12-8-14/h7-8,11-12,15H,3-6,9-10,13H2,1-2H3,(H2,19,20,21). The minimum atomic E-state index is -0.0580. The molecule has 2 rings (SSSR count). The zero-order chi connectivity index (χ0) is 15.1. The molecule has 0 unspecified atom stereocenters. The van der Waals surface area contributed by atoms with Crippen molar-refractivity contribution in [2.75, 3.05) is 0 Å². The Kier molecular flexibility index (Phi) is 5.59. The lowest BCUT2D eigenvalue weighted by atomic mass is 9.69. The zero-order valence-electron chi connectivity index (χ0n) is 13.2. The van der Waals surface area contributed by atoms with Crippen LogP contribution in [0, 0.1) is 5.41 Å². The van der Waals surface area contributed by atoms with Crippen molar-refractivity contribution >= 4 is 6.03 Å². The summed E-state index contributed by atoms with van der Waals surface area (Å²) in [5, 5.41) is 6.03. The molecule has 1 aromatic heterocycles. The largest absolute Gasteiger partial charge is 0.335 e. The fourth-order valence-electron chi connectivity index (χ4n) is 3.25. The quantitative estimate of drug-likeness (QED) is 0.869. The zero-order valence-corrected chi connectivity index (χ0v) is 13.2. The van der Waals surface area contributed by atoms with Gasteiger partial charge in [-0.1, -0.05) is 26.7 Å². The van der Waals surface area contributed by atoms with Crippen LogP contribution in [0.5, 0.6) is 0 Å². The lowest BCUT2D eigenvalue weighted by molar-refractivity contribution is 0.149. The first-order valence-electron chi connectivity index (χ1n) is 8.11. The van der Waals surface area contributed by atoms with Gasteiger partial charge in [0.25, 0.3) is 0 Å². The lowest BCUT2D eigenvalue weighted by Gasteiger charge is -2.39. The van der Waals surface area contributed by atoms with Gasteiger partial charge in [-0.15, -0.1) is 0 Å². The van der Waals surface area contributed by atoms with E-state index in [1.165, 1.54) is 25.7 Å². The second kappa shape index (κ2) is 7.43. The van der Waals surface area contributed by atoms with E-state index in [2.05, 4.69) is 29.5 Å². The molecule has 0 radical (unpaired) electrons. The molecule has 1 fully saturated rings. The molecule has 0 saturated heterocycles. The summed E-state index contributed by atoms with van der Waals surface area (Å²) in [6, 6.07) is 4.10. The molecule has 2 N–H and O–H groups in total. The highest BCUT2D eigenvalue weighted by atomic mass is 16.2. The molecule has 1 aromatic rings. The maximum Gasteiger partial charge on any atom is 0.315 e. The van der Waals surface area contributed by atoms with E-state index in [0.29, 0.717) is 18.0 Å². The molecule has 2 amide bonds. The van der Waals surface area contributed by atoms with E-state index in [0.717, 1.165) is 18.4 Å². The number of amides is 2. The van der Waals surface area contributed by atoms with Gasteiger partial charge < -0.3 is 10.6 Å². The summed E-state index contributed by atoms with van der Waals surface area (Å²) >= 11 is 0. The first-order chi connectivity index (χ1) is 10.2. The Balaban J connectivity index is 1.72. The Morgan fingerprint density at radius 2 is 1.86 bits per heavy atom. The molecule has 0 atom stereocenters. The van der Waals surface area contributed by atoms with Gasteiger partial charge in [0, 0.05) is 25.0 Å². The number of nitrogens with one attached hydrogen (secondary N) is 2. The highest BCUT2D eigenvalue weighted by Gasteiger charge is 2.32. The molecule has 21 heavy (non-hydrogen) atoms. The number of rotatable bonds is 5. The van der Waals surface area contributed by atoms with E-state index in [-0.39, 0.29) is 6.03 Å².